The molecule has 4 nitrogen and oxygen atoms in total. The lowest BCUT2D eigenvalue weighted by atomic mass is 10.2. The molecule has 0 amide bonds. The molecule has 1 aromatic heterocycles. The zero-order valence-corrected chi connectivity index (χ0v) is 11.5. The van der Waals surface area contributed by atoms with Crippen molar-refractivity contribution in [2.75, 3.05) is 19.0 Å². The third-order valence-electron chi connectivity index (χ3n) is 2.84. The van der Waals surface area contributed by atoms with Crippen molar-refractivity contribution in [2.45, 2.75) is 13.0 Å². The summed E-state index contributed by atoms with van der Waals surface area (Å²) in [6, 6.07) is 11.6. The number of nitrogens with two attached hydrogens (primary N) is 1. The highest BCUT2D eigenvalue weighted by Crippen LogP contribution is 2.24. The number of nitrogens with zero attached hydrogens (tertiary/aromatic N) is 2. The maximum Gasteiger partial charge on any atom is 0.219 e. The molecule has 1 unspecified atom stereocenters. The van der Waals surface area contributed by atoms with E-state index in [0.29, 0.717) is 5.88 Å². The average molecular weight is 257 g/mol. The molecule has 2 N–H and O–H groups in total. The minimum atomic E-state index is -0.0152. The van der Waals surface area contributed by atoms with Crippen molar-refractivity contribution in [1.82, 2.24) is 4.98 Å². The summed E-state index contributed by atoms with van der Waals surface area (Å²) in [4.78, 5) is 6.28. The summed E-state index contributed by atoms with van der Waals surface area (Å²) in [7, 11) is 3.99. The molecular weight excluding hydrogens is 238 g/mol. The van der Waals surface area contributed by atoms with E-state index in [2.05, 4.69) is 4.98 Å². The van der Waals surface area contributed by atoms with Crippen LogP contribution in [0.15, 0.2) is 42.6 Å². The SMILES string of the molecule is CC(N)c1ccc(Oc2cccc(N(C)C)c2)nc1. The Hall–Kier alpha value is -2.07. The predicted molar refractivity (Wildman–Crippen MR) is 77.7 cm³/mol. The highest BCUT2D eigenvalue weighted by atomic mass is 16.5. The molecule has 19 heavy (non-hydrogen) atoms. The van der Waals surface area contributed by atoms with Gasteiger partial charge in [0.25, 0.3) is 0 Å². The van der Waals surface area contributed by atoms with Crippen LogP contribution in [0.4, 0.5) is 5.69 Å². The van der Waals surface area contributed by atoms with Crippen molar-refractivity contribution < 1.29 is 4.74 Å². The van der Waals surface area contributed by atoms with E-state index in [0.717, 1.165) is 17.0 Å². The lowest BCUT2D eigenvalue weighted by Gasteiger charge is -2.13. The topological polar surface area (TPSA) is 51.4 Å². The first-order chi connectivity index (χ1) is 9.06. The Morgan fingerprint density at radius 2 is 2.00 bits per heavy atom. The molecule has 1 aromatic carbocycles. The number of hydrogen-bond acceptors (Lipinski definition) is 4. The van der Waals surface area contributed by atoms with Crippen LogP contribution in [0, 0.1) is 0 Å². The van der Waals surface area contributed by atoms with Crippen LogP contribution in [-0.4, -0.2) is 19.1 Å². The Balaban J connectivity index is 2.14. The maximum atomic E-state index is 5.78. The molecule has 2 aromatic rings. The fraction of sp³-hybridized carbons (Fsp3) is 0.267. The number of hydrogen-bond donors (Lipinski definition) is 1. The molecule has 0 radical (unpaired) electrons. The van der Waals surface area contributed by atoms with Crippen LogP contribution in [0.25, 0.3) is 0 Å². The predicted octanol–water partition coefficient (Wildman–Crippen LogP) is 2.96. The molecule has 1 atom stereocenters. The summed E-state index contributed by atoms with van der Waals surface area (Å²) in [6.07, 6.45) is 1.75. The van der Waals surface area contributed by atoms with Crippen molar-refractivity contribution in [3.63, 3.8) is 0 Å². The lowest BCUT2D eigenvalue weighted by Crippen LogP contribution is -2.08. The summed E-state index contributed by atoms with van der Waals surface area (Å²) in [6.45, 7) is 1.93. The van der Waals surface area contributed by atoms with Crippen molar-refractivity contribution in [3.05, 3.63) is 48.2 Å². The number of benzene rings is 1. The molecule has 0 aliphatic heterocycles. The van der Waals surface area contributed by atoms with Gasteiger partial charge in [0, 0.05) is 44.2 Å². The molecular formula is C15H19N3O. The van der Waals surface area contributed by atoms with Gasteiger partial charge in [-0.25, -0.2) is 4.98 Å². The van der Waals surface area contributed by atoms with E-state index in [-0.39, 0.29) is 6.04 Å². The van der Waals surface area contributed by atoms with E-state index >= 15 is 0 Å². The molecule has 0 bridgehead atoms. The van der Waals surface area contributed by atoms with Crippen LogP contribution in [-0.2, 0) is 0 Å². The summed E-state index contributed by atoms with van der Waals surface area (Å²) in [5.74, 6) is 1.34. The first-order valence-corrected chi connectivity index (χ1v) is 6.23. The van der Waals surface area contributed by atoms with Crippen LogP contribution >= 0.6 is 0 Å². The Morgan fingerprint density at radius 1 is 1.21 bits per heavy atom. The first-order valence-electron chi connectivity index (χ1n) is 6.23. The fourth-order valence-electron chi connectivity index (χ4n) is 1.67. The van der Waals surface area contributed by atoms with E-state index in [4.69, 9.17) is 10.5 Å². The molecule has 0 aliphatic rings. The van der Waals surface area contributed by atoms with E-state index in [1.54, 1.807) is 6.20 Å². The molecule has 0 saturated heterocycles. The number of aromatic nitrogens is 1. The van der Waals surface area contributed by atoms with Gasteiger partial charge in [-0.15, -0.1) is 0 Å². The largest absolute Gasteiger partial charge is 0.439 e. The summed E-state index contributed by atoms with van der Waals surface area (Å²) in [5.41, 5.74) is 7.87. The first kappa shape index (κ1) is 13.4. The fourth-order valence-corrected chi connectivity index (χ4v) is 1.67. The Bertz CT molecular complexity index is 535. The van der Waals surface area contributed by atoms with Crippen molar-refractivity contribution in [3.8, 4) is 11.6 Å². The van der Waals surface area contributed by atoms with Crippen molar-refractivity contribution in [1.29, 1.82) is 0 Å². The van der Waals surface area contributed by atoms with E-state index in [9.17, 15) is 0 Å². The van der Waals surface area contributed by atoms with Gasteiger partial charge in [-0.2, -0.15) is 0 Å². The zero-order chi connectivity index (χ0) is 13.8. The quantitative estimate of drug-likeness (QED) is 0.915. The van der Waals surface area contributed by atoms with Gasteiger partial charge in [0.05, 0.1) is 0 Å². The maximum absolute atomic E-state index is 5.78. The van der Waals surface area contributed by atoms with Gasteiger partial charge in [-0.05, 0) is 24.6 Å². The molecule has 0 saturated carbocycles. The molecule has 0 aliphatic carbocycles. The second kappa shape index (κ2) is 5.71. The zero-order valence-electron chi connectivity index (χ0n) is 11.5. The Morgan fingerprint density at radius 3 is 2.58 bits per heavy atom. The van der Waals surface area contributed by atoms with Crippen LogP contribution in [0.1, 0.15) is 18.5 Å². The third-order valence-corrected chi connectivity index (χ3v) is 2.84. The van der Waals surface area contributed by atoms with Crippen LogP contribution < -0.4 is 15.4 Å². The number of rotatable bonds is 4. The van der Waals surface area contributed by atoms with Crippen LogP contribution in [0.2, 0.25) is 0 Å². The van der Waals surface area contributed by atoms with Gasteiger partial charge in [0.15, 0.2) is 0 Å². The second-order valence-electron chi connectivity index (χ2n) is 4.71. The highest BCUT2D eigenvalue weighted by molar-refractivity contribution is 5.50. The minimum Gasteiger partial charge on any atom is -0.439 e. The van der Waals surface area contributed by atoms with E-state index in [1.807, 2.05) is 62.3 Å². The summed E-state index contributed by atoms with van der Waals surface area (Å²) in [5, 5.41) is 0. The molecule has 100 valence electrons. The van der Waals surface area contributed by atoms with Crippen molar-refractivity contribution in [2.24, 2.45) is 5.73 Å². The molecule has 0 spiro atoms. The lowest BCUT2D eigenvalue weighted by molar-refractivity contribution is 0.462. The van der Waals surface area contributed by atoms with Gasteiger partial charge in [0.1, 0.15) is 5.75 Å². The monoisotopic (exact) mass is 257 g/mol. The summed E-state index contributed by atoms with van der Waals surface area (Å²) < 4.78 is 5.73. The Kier molecular flexibility index (Phi) is 4.02. The molecule has 2 rings (SSSR count). The van der Waals surface area contributed by atoms with Crippen molar-refractivity contribution >= 4 is 5.69 Å². The Labute approximate surface area is 113 Å². The molecule has 0 fully saturated rings. The number of pyridine rings is 1. The number of ether oxygens (including phenoxy) is 1. The third kappa shape index (κ3) is 3.45. The van der Waals surface area contributed by atoms with Crippen LogP contribution in [0.5, 0.6) is 11.6 Å². The van der Waals surface area contributed by atoms with Gasteiger partial charge in [0.2, 0.25) is 5.88 Å². The normalized spacial score (nSPS) is 12.0. The standard InChI is InChI=1S/C15H19N3O/c1-11(16)12-7-8-15(17-10-12)19-14-6-4-5-13(9-14)18(2)3/h4-11H,16H2,1-3H3. The van der Waals surface area contributed by atoms with Gasteiger partial charge in [-0.3, -0.25) is 0 Å². The average Bonchev–Trinajstić information content (AvgIpc) is 2.39. The molecule has 1 heterocycles. The van der Waals surface area contributed by atoms with E-state index in [1.165, 1.54) is 0 Å². The second-order valence-corrected chi connectivity index (χ2v) is 4.71. The van der Waals surface area contributed by atoms with Gasteiger partial charge < -0.3 is 15.4 Å². The van der Waals surface area contributed by atoms with Gasteiger partial charge in [-0.1, -0.05) is 12.1 Å². The highest BCUT2D eigenvalue weighted by Gasteiger charge is 2.03. The van der Waals surface area contributed by atoms with Gasteiger partial charge >= 0.3 is 0 Å². The van der Waals surface area contributed by atoms with E-state index < -0.39 is 0 Å². The summed E-state index contributed by atoms with van der Waals surface area (Å²) >= 11 is 0. The minimum absolute atomic E-state index is 0.0152. The number of anilines is 1. The molecule has 4 heteroatoms. The van der Waals surface area contributed by atoms with Crippen LogP contribution in [0.3, 0.4) is 0 Å². The smallest absolute Gasteiger partial charge is 0.219 e.